The van der Waals surface area contributed by atoms with Crippen molar-refractivity contribution in [3.63, 3.8) is 0 Å². The van der Waals surface area contributed by atoms with E-state index in [4.69, 9.17) is 10.5 Å². The molecule has 1 aliphatic rings. The summed E-state index contributed by atoms with van der Waals surface area (Å²) >= 11 is 0. The highest BCUT2D eigenvalue weighted by atomic mass is 16.5. The van der Waals surface area contributed by atoms with Crippen LogP contribution in [0.5, 0.6) is 0 Å². The lowest BCUT2D eigenvalue weighted by Crippen LogP contribution is -2.26. The van der Waals surface area contributed by atoms with Crippen LogP contribution in [0.4, 0.5) is 11.4 Å². The van der Waals surface area contributed by atoms with Crippen LogP contribution >= 0.6 is 0 Å². The highest BCUT2D eigenvalue weighted by Gasteiger charge is 2.31. The molecule has 1 aliphatic carbocycles. The first-order valence-electron chi connectivity index (χ1n) is 7.91. The average molecular weight is 290 g/mol. The molecule has 4 heteroatoms. The predicted octanol–water partition coefficient (Wildman–Crippen LogP) is 3.83. The number of nitrogens with two attached hydrogens (primary N) is 1. The Morgan fingerprint density at radius 2 is 2.05 bits per heavy atom. The first-order chi connectivity index (χ1) is 10.1. The molecule has 4 nitrogen and oxygen atoms in total. The first kappa shape index (κ1) is 15.7. The van der Waals surface area contributed by atoms with Gasteiger partial charge in [-0.15, -0.1) is 0 Å². The number of nitrogens with one attached hydrogen (secondary N) is 1. The SMILES string of the molecule is CCOC(=O)c1cccc(NCC2(CC)CCCC2)c1N. The van der Waals surface area contributed by atoms with Gasteiger partial charge in [0.1, 0.15) is 0 Å². The van der Waals surface area contributed by atoms with Crippen molar-refractivity contribution in [2.24, 2.45) is 5.41 Å². The minimum atomic E-state index is -0.357. The number of hydrogen-bond donors (Lipinski definition) is 2. The van der Waals surface area contributed by atoms with Gasteiger partial charge in [0.25, 0.3) is 0 Å². The standard InChI is InChI=1S/C17H26N2O2/c1-3-17(10-5-6-11-17)12-19-14-9-7-8-13(15(14)18)16(20)21-4-2/h7-9,19H,3-6,10-12,18H2,1-2H3. The molecular formula is C17H26N2O2. The van der Waals surface area contributed by atoms with Crippen LogP contribution in [0.1, 0.15) is 56.3 Å². The summed E-state index contributed by atoms with van der Waals surface area (Å²) in [5.74, 6) is -0.357. The van der Waals surface area contributed by atoms with Crippen molar-refractivity contribution in [3.05, 3.63) is 23.8 Å². The molecule has 0 aliphatic heterocycles. The van der Waals surface area contributed by atoms with Gasteiger partial charge in [0.2, 0.25) is 0 Å². The van der Waals surface area contributed by atoms with Crippen LogP contribution in [0, 0.1) is 5.41 Å². The molecule has 0 unspecified atom stereocenters. The second-order valence-corrected chi connectivity index (χ2v) is 5.90. The fraction of sp³-hybridized carbons (Fsp3) is 0.588. The minimum absolute atomic E-state index is 0.356. The predicted molar refractivity (Wildman–Crippen MR) is 86.5 cm³/mol. The van der Waals surface area contributed by atoms with Crippen molar-refractivity contribution in [1.29, 1.82) is 0 Å². The van der Waals surface area contributed by atoms with Crippen molar-refractivity contribution in [3.8, 4) is 0 Å². The van der Waals surface area contributed by atoms with E-state index in [2.05, 4.69) is 12.2 Å². The van der Waals surface area contributed by atoms with Gasteiger partial charge in [0.15, 0.2) is 0 Å². The van der Waals surface area contributed by atoms with Crippen molar-refractivity contribution < 1.29 is 9.53 Å². The maximum atomic E-state index is 11.9. The van der Waals surface area contributed by atoms with Gasteiger partial charge in [-0.3, -0.25) is 0 Å². The Balaban J connectivity index is 2.10. The second kappa shape index (κ2) is 6.83. The molecule has 21 heavy (non-hydrogen) atoms. The van der Waals surface area contributed by atoms with E-state index in [-0.39, 0.29) is 5.97 Å². The number of carbonyl (C=O) groups excluding carboxylic acids is 1. The van der Waals surface area contributed by atoms with Crippen LogP contribution in [-0.2, 0) is 4.74 Å². The maximum Gasteiger partial charge on any atom is 0.340 e. The quantitative estimate of drug-likeness (QED) is 0.617. The molecule has 0 amide bonds. The number of anilines is 2. The summed E-state index contributed by atoms with van der Waals surface area (Å²) in [4.78, 5) is 11.9. The summed E-state index contributed by atoms with van der Waals surface area (Å²) in [6.07, 6.45) is 6.35. The van der Waals surface area contributed by atoms with Crippen LogP contribution in [-0.4, -0.2) is 19.1 Å². The number of benzene rings is 1. The highest BCUT2D eigenvalue weighted by Crippen LogP contribution is 2.41. The molecule has 1 saturated carbocycles. The molecule has 0 atom stereocenters. The molecule has 0 aromatic heterocycles. The van der Waals surface area contributed by atoms with Gasteiger partial charge in [0, 0.05) is 6.54 Å². The summed E-state index contributed by atoms with van der Waals surface area (Å²) in [5, 5.41) is 3.45. The molecule has 0 heterocycles. The third-order valence-corrected chi connectivity index (χ3v) is 4.67. The van der Waals surface area contributed by atoms with E-state index in [0.29, 0.717) is 23.3 Å². The van der Waals surface area contributed by atoms with Gasteiger partial charge < -0.3 is 15.8 Å². The van der Waals surface area contributed by atoms with Gasteiger partial charge in [-0.25, -0.2) is 4.79 Å². The van der Waals surface area contributed by atoms with E-state index >= 15 is 0 Å². The molecular weight excluding hydrogens is 264 g/mol. The summed E-state index contributed by atoms with van der Waals surface area (Å²) in [5.41, 5.74) is 8.27. The normalized spacial score (nSPS) is 16.7. The Bertz CT molecular complexity index is 494. The average Bonchev–Trinajstić information content (AvgIpc) is 2.96. The van der Waals surface area contributed by atoms with Gasteiger partial charge in [-0.1, -0.05) is 25.8 Å². The third-order valence-electron chi connectivity index (χ3n) is 4.67. The third kappa shape index (κ3) is 3.49. The van der Waals surface area contributed by atoms with E-state index in [1.165, 1.54) is 32.1 Å². The van der Waals surface area contributed by atoms with Gasteiger partial charge in [-0.2, -0.15) is 0 Å². The lowest BCUT2D eigenvalue weighted by molar-refractivity contribution is 0.0527. The van der Waals surface area contributed by atoms with Crippen LogP contribution in [0.2, 0.25) is 0 Å². The Morgan fingerprint density at radius 3 is 2.67 bits per heavy atom. The Hall–Kier alpha value is -1.71. The first-order valence-corrected chi connectivity index (χ1v) is 7.91. The zero-order valence-electron chi connectivity index (χ0n) is 13.1. The largest absolute Gasteiger partial charge is 0.462 e. The number of para-hydroxylation sites is 1. The van der Waals surface area contributed by atoms with E-state index in [1.54, 1.807) is 13.0 Å². The Kier molecular flexibility index (Phi) is 5.10. The minimum Gasteiger partial charge on any atom is -0.462 e. The molecule has 0 radical (unpaired) electrons. The summed E-state index contributed by atoms with van der Waals surface area (Å²) < 4.78 is 5.04. The monoisotopic (exact) mass is 290 g/mol. The number of ether oxygens (including phenoxy) is 1. The van der Waals surface area contributed by atoms with Crippen LogP contribution in [0.3, 0.4) is 0 Å². The molecule has 0 saturated heterocycles. The van der Waals surface area contributed by atoms with Crippen molar-refractivity contribution in [2.75, 3.05) is 24.2 Å². The fourth-order valence-corrected chi connectivity index (χ4v) is 3.17. The van der Waals surface area contributed by atoms with E-state index in [0.717, 1.165) is 12.2 Å². The Labute approximate surface area is 127 Å². The molecule has 1 aromatic rings. The van der Waals surface area contributed by atoms with Gasteiger partial charge >= 0.3 is 5.97 Å². The topological polar surface area (TPSA) is 64.3 Å². The van der Waals surface area contributed by atoms with Gasteiger partial charge in [-0.05, 0) is 43.7 Å². The number of nitrogen functional groups attached to an aromatic ring is 1. The molecule has 1 fully saturated rings. The van der Waals surface area contributed by atoms with Crippen molar-refractivity contribution in [2.45, 2.75) is 46.0 Å². The summed E-state index contributed by atoms with van der Waals surface area (Å²) in [6, 6.07) is 5.48. The van der Waals surface area contributed by atoms with Crippen LogP contribution < -0.4 is 11.1 Å². The van der Waals surface area contributed by atoms with Gasteiger partial charge in [0.05, 0.1) is 23.5 Å². The number of carbonyl (C=O) groups is 1. The number of hydrogen-bond acceptors (Lipinski definition) is 4. The van der Waals surface area contributed by atoms with E-state index < -0.39 is 0 Å². The number of rotatable bonds is 6. The summed E-state index contributed by atoms with van der Waals surface area (Å²) in [6.45, 7) is 5.32. The highest BCUT2D eigenvalue weighted by molar-refractivity contribution is 5.98. The second-order valence-electron chi connectivity index (χ2n) is 5.90. The zero-order chi connectivity index (χ0) is 15.3. The molecule has 2 rings (SSSR count). The number of esters is 1. The lowest BCUT2D eigenvalue weighted by Gasteiger charge is -2.28. The molecule has 3 N–H and O–H groups in total. The molecule has 1 aromatic carbocycles. The van der Waals surface area contributed by atoms with Crippen LogP contribution in [0.25, 0.3) is 0 Å². The summed E-state index contributed by atoms with van der Waals surface area (Å²) in [7, 11) is 0. The van der Waals surface area contributed by atoms with Crippen LogP contribution in [0.15, 0.2) is 18.2 Å². The van der Waals surface area contributed by atoms with Crippen molar-refractivity contribution >= 4 is 17.3 Å². The Morgan fingerprint density at radius 1 is 1.33 bits per heavy atom. The molecule has 116 valence electrons. The van der Waals surface area contributed by atoms with Crippen molar-refractivity contribution in [1.82, 2.24) is 0 Å². The smallest absolute Gasteiger partial charge is 0.340 e. The van der Waals surface area contributed by atoms with E-state index in [9.17, 15) is 4.79 Å². The lowest BCUT2D eigenvalue weighted by atomic mass is 9.83. The maximum absolute atomic E-state index is 11.9. The zero-order valence-corrected chi connectivity index (χ0v) is 13.1. The fourth-order valence-electron chi connectivity index (χ4n) is 3.17. The van der Waals surface area contributed by atoms with E-state index in [1.807, 2.05) is 12.1 Å². The molecule has 0 bridgehead atoms. The molecule has 0 spiro atoms.